The van der Waals surface area contributed by atoms with E-state index in [-0.39, 0.29) is 23.4 Å². The lowest BCUT2D eigenvalue weighted by Gasteiger charge is -2.11. The SMILES string of the molecule is CC(=O)Nc1ccc(C(=O)CSc2nc(C)cs2)c(NC(C)=O)c1. The maximum absolute atomic E-state index is 12.5. The third-order valence-electron chi connectivity index (χ3n) is 2.88. The lowest BCUT2D eigenvalue weighted by molar-refractivity contribution is -0.115. The zero-order chi connectivity index (χ0) is 17.7. The fourth-order valence-electron chi connectivity index (χ4n) is 1.97. The number of thioether (sulfide) groups is 1. The summed E-state index contributed by atoms with van der Waals surface area (Å²) >= 11 is 2.86. The van der Waals surface area contributed by atoms with Gasteiger partial charge in [0, 0.05) is 36.2 Å². The molecule has 0 fully saturated rings. The number of carbonyl (C=O) groups excluding carboxylic acids is 3. The summed E-state index contributed by atoms with van der Waals surface area (Å²) in [6.45, 7) is 4.66. The van der Waals surface area contributed by atoms with Gasteiger partial charge < -0.3 is 10.6 Å². The second kappa shape index (κ2) is 8.07. The lowest BCUT2D eigenvalue weighted by Crippen LogP contribution is -2.13. The minimum absolute atomic E-state index is 0.119. The van der Waals surface area contributed by atoms with Crippen molar-refractivity contribution in [1.29, 1.82) is 0 Å². The van der Waals surface area contributed by atoms with Gasteiger partial charge in [-0.25, -0.2) is 4.98 Å². The summed E-state index contributed by atoms with van der Waals surface area (Å²) in [6, 6.07) is 4.82. The largest absolute Gasteiger partial charge is 0.326 e. The van der Waals surface area contributed by atoms with Gasteiger partial charge in [-0.1, -0.05) is 11.8 Å². The molecule has 126 valence electrons. The molecule has 2 aromatic rings. The van der Waals surface area contributed by atoms with Crippen molar-refractivity contribution in [3.05, 3.63) is 34.8 Å². The van der Waals surface area contributed by atoms with Crippen molar-refractivity contribution in [3.63, 3.8) is 0 Å². The highest BCUT2D eigenvalue weighted by Crippen LogP contribution is 2.26. The van der Waals surface area contributed by atoms with Gasteiger partial charge in [-0.05, 0) is 25.1 Å². The van der Waals surface area contributed by atoms with Gasteiger partial charge in [-0.15, -0.1) is 11.3 Å². The number of amides is 2. The molecule has 0 unspecified atom stereocenters. The molecule has 0 atom stereocenters. The maximum Gasteiger partial charge on any atom is 0.221 e. The van der Waals surface area contributed by atoms with Crippen LogP contribution in [0.4, 0.5) is 11.4 Å². The van der Waals surface area contributed by atoms with E-state index in [1.807, 2.05) is 12.3 Å². The Morgan fingerprint density at radius 3 is 2.46 bits per heavy atom. The number of nitrogens with zero attached hydrogens (tertiary/aromatic N) is 1. The first-order valence-corrected chi connectivity index (χ1v) is 8.99. The first-order valence-electron chi connectivity index (χ1n) is 7.12. The Morgan fingerprint density at radius 2 is 1.88 bits per heavy atom. The molecule has 0 aliphatic heterocycles. The van der Waals surface area contributed by atoms with Gasteiger partial charge >= 0.3 is 0 Å². The third-order valence-corrected chi connectivity index (χ3v) is 5.01. The molecular weight excluding hydrogens is 346 g/mol. The molecule has 24 heavy (non-hydrogen) atoms. The van der Waals surface area contributed by atoms with Gasteiger partial charge in [0.05, 0.1) is 11.4 Å². The zero-order valence-corrected chi connectivity index (χ0v) is 15.1. The Labute approximate surface area is 148 Å². The number of thiazole rings is 1. The van der Waals surface area contributed by atoms with Gasteiger partial charge in [-0.2, -0.15) is 0 Å². The molecule has 2 N–H and O–H groups in total. The Hall–Kier alpha value is -2.19. The standard InChI is InChI=1S/C16H17N3O3S2/c1-9-7-23-16(17-9)24-8-15(22)13-5-4-12(18-10(2)20)6-14(13)19-11(3)21/h4-7H,8H2,1-3H3,(H,18,20)(H,19,21). The summed E-state index contributed by atoms with van der Waals surface area (Å²) in [6.07, 6.45) is 0. The van der Waals surface area contributed by atoms with Crippen LogP contribution in [0.5, 0.6) is 0 Å². The molecule has 2 amide bonds. The molecule has 1 aromatic carbocycles. The normalized spacial score (nSPS) is 10.3. The number of nitrogens with one attached hydrogen (secondary N) is 2. The Kier molecular flexibility index (Phi) is 6.10. The molecule has 6 nitrogen and oxygen atoms in total. The van der Waals surface area contributed by atoms with Crippen molar-refractivity contribution in [3.8, 4) is 0 Å². The summed E-state index contributed by atoms with van der Waals surface area (Å²) in [7, 11) is 0. The van der Waals surface area contributed by atoms with E-state index < -0.39 is 0 Å². The lowest BCUT2D eigenvalue weighted by atomic mass is 10.1. The van der Waals surface area contributed by atoms with E-state index in [9.17, 15) is 14.4 Å². The molecule has 0 bridgehead atoms. The summed E-state index contributed by atoms with van der Waals surface area (Å²) < 4.78 is 0.830. The summed E-state index contributed by atoms with van der Waals surface area (Å²) in [4.78, 5) is 39.3. The monoisotopic (exact) mass is 363 g/mol. The Balaban J connectivity index is 2.18. The van der Waals surface area contributed by atoms with Crippen molar-refractivity contribution < 1.29 is 14.4 Å². The Morgan fingerprint density at radius 1 is 1.17 bits per heavy atom. The summed E-state index contributed by atoms with van der Waals surface area (Å²) in [5.41, 5.74) is 2.23. The molecule has 0 saturated heterocycles. The number of hydrogen-bond donors (Lipinski definition) is 2. The van der Waals surface area contributed by atoms with Crippen molar-refractivity contribution in [2.75, 3.05) is 16.4 Å². The van der Waals surface area contributed by atoms with Crippen LogP contribution in [0.3, 0.4) is 0 Å². The van der Waals surface area contributed by atoms with Crippen LogP contribution < -0.4 is 10.6 Å². The van der Waals surface area contributed by atoms with E-state index in [2.05, 4.69) is 15.6 Å². The molecular formula is C16H17N3O3S2. The quantitative estimate of drug-likeness (QED) is 0.607. The molecule has 2 rings (SSSR count). The predicted octanol–water partition coefficient (Wildman–Crippen LogP) is 3.34. The number of ketones is 1. The van der Waals surface area contributed by atoms with Gasteiger partial charge in [0.25, 0.3) is 0 Å². The van der Waals surface area contributed by atoms with E-state index in [0.717, 1.165) is 10.0 Å². The van der Waals surface area contributed by atoms with Crippen LogP contribution >= 0.6 is 23.1 Å². The van der Waals surface area contributed by atoms with Crippen molar-refractivity contribution in [1.82, 2.24) is 4.98 Å². The van der Waals surface area contributed by atoms with Crippen LogP contribution in [-0.2, 0) is 9.59 Å². The average Bonchev–Trinajstić information content (AvgIpc) is 2.89. The highest BCUT2D eigenvalue weighted by Gasteiger charge is 2.15. The van der Waals surface area contributed by atoms with E-state index >= 15 is 0 Å². The van der Waals surface area contributed by atoms with E-state index in [0.29, 0.717) is 16.9 Å². The second-order valence-electron chi connectivity index (χ2n) is 5.09. The number of rotatable bonds is 6. The van der Waals surface area contributed by atoms with Crippen LogP contribution in [0.15, 0.2) is 27.9 Å². The highest BCUT2D eigenvalue weighted by atomic mass is 32.2. The number of benzene rings is 1. The van der Waals surface area contributed by atoms with Crippen LogP contribution in [0.1, 0.15) is 29.9 Å². The van der Waals surface area contributed by atoms with E-state index in [1.54, 1.807) is 18.2 Å². The molecule has 0 aliphatic rings. The Bertz CT molecular complexity index is 787. The third kappa shape index (κ3) is 5.17. The first kappa shape index (κ1) is 18.2. The smallest absolute Gasteiger partial charge is 0.221 e. The fraction of sp³-hybridized carbons (Fsp3) is 0.250. The first-order chi connectivity index (χ1) is 11.3. The van der Waals surface area contributed by atoms with Gasteiger partial charge in [0.1, 0.15) is 0 Å². The fourth-order valence-corrected chi connectivity index (χ4v) is 3.70. The van der Waals surface area contributed by atoms with Crippen LogP contribution in [0.2, 0.25) is 0 Å². The van der Waals surface area contributed by atoms with Gasteiger partial charge in [0.15, 0.2) is 10.1 Å². The highest BCUT2D eigenvalue weighted by molar-refractivity contribution is 8.01. The minimum Gasteiger partial charge on any atom is -0.326 e. The number of aryl methyl sites for hydroxylation is 1. The van der Waals surface area contributed by atoms with Crippen LogP contribution in [-0.4, -0.2) is 28.3 Å². The molecule has 0 aliphatic carbocycles. The minimum atomic E-state index is -0.285. The van der Waals surface area contributed by atoms with Crippen molar-refractivity contribution in [2.24, 2.45) is 0 Å². The number of hydrogen-bond acceptors (Lipinski definition) is 6. The number of Topliss-reactive ketones (excluding diaryl/α,β-unsaturated/α-hetero) is 1. The average molecular weight is 363 g/mol. The van der Waals surface area contributed by atoms with Crippen LogP contribution in [0, 0.1) is 6.92 Å². The van der Waals surface area contributed by atoms with Gasteiger partial charge in [0.2, 0.25) is 11.8 Å². The zero-order valence-electron chi connectivity index (χ0n) is 13.5. The molecule has 0 spiro atoms. The molecule has 8 heteroatoms. The molecule has 1 aromatic heterocycles. The maximum atomic E-state index is 12.5. The van der Waals surface area contributed by atoms with Gasteiger partial charge in [-0.3, -0.25) is 14.4 Å². The molecule has 0 radical (unpaired) electrons. The van der Waals surface area contributed by atoms with Crippen molar-refractivity contribution >= 4 is 52.1 Å². The molecule has 1 heterocycles. The van der Waals surface area contributed by atoms with Crippen LogP contribution in [0.25, 0.3) is 0 Å². The van der Waals surface area contributed by atoms with E-state index in [4.69, 9.17) is 0 Å². The topological polar surface area (TPSA) is 88.2 Å². The molecule has 0 saturated carbocycles. The number of aromatic nitrogens is 1. The summed E-state index contributed by atoms with van der Waals surface area (Å²) in [5.74, 6) is -0.408. The number of anilines is 2. The predicted molar refractivity (Wildman–Crippen MR) is 97.0 cm³/mol. The van der Waals surface area contributed by atoms with E-state index in [1.165, 1.54) is 36.9 Å². The van der Waals surface area contributed by atoms with Crippen molar-refractivity contribution in [2.45, 2.75) is 25.1 Å². The number of carbonyl (C=O) groups is 3. The summed E-state index contributed by atoms with van der Waals surface area (Å²) in [5, 5.41) is 7.20. The second-order valence-corrected chi connectivity index (χ2v) is 7.17.